The number of benzene rings is 1. The summed E-state index contributed by atoms with van der Waals surface area (Å²) in [6.45, 7) is 0.693. The summed E-state index contributed by atoms with van der Waals surface area (Å²) in [6, 6.07) is 8.85. The number of H-pyrrole nitrogens is 1. The van der Waals surface area contributed by atoms with Crippen LogP contribution in [0.1, 0.15) is 41.4 Å². The summed E-state index contributed by atoms with van der Waals surface area (Å²) in [7, 11) is 0. The highest BCUT2D eigenvalue weighted by atomic mass is 35.5. The molecule has 0 spiro atoms. The van der Waals surface area contributed by atoms with Crippen LogP contribution in [0.3, 0.4) is 0 Å². The van der Waals surface area contributed by atoms with Crippen molar-refractivity contribution in [2.24, 2.45) is 0 Å². The lowest BCUT2D eigenvalue weighted by Crippen LogP contribution is -2.38. The molecule has 0 bridgehead atoms. The van der Waals surface area contributed by atoms with Gasteiger partial charge < -0.3 is 4.90 Å². The highest BCUT2D eigenvalue weighted by Gasteiger charge is 2.31. The number of nitrogens with one attached hydrogen (secondary N) is 1. The molecule has 0 radical (unpaired) electrons. The molecule has 1 N–H and O–H groups in total. The number of carbonyl (C=O) groups is 1. The van der Waals surface area contributed by atoms with E-state index in [9.17, 15) is 4.79 Å². The molecular formula is C20H18Cl2N4O. The number of aromatic amines is 1. The summed E-state index contributed by atoms with van der Waals surface area (Å²) in [5.74, 6) is -0.0476. The minimum Gasteiger partial charge on any atom is -0.330 e. The first kappa shape index (κ1) is 18.0. The van der Waals surface area contributed by atoms with E-state index in [2.05, 4.69) is 15.2 Å². The largest absolute Gasteiger partial charge is 0.330 e. The van der Waals surface area contributed by atoms with Gasteiger partial charge in [0.15, 0.2) is 0 Å². The Kier molecular flexibility index (Phi) is 5.14. The Balaban J connectivity index is 1.69. The van der Waals surface area contributed by atoms with Crippen molar-refractivity contribution >= 4 is 29.1 Å². The van der Waals surface area contributed by atoms with E-state index >= 15 is 0 Å². The van der Waals surface area contributed by atoms with Crippen LogP contribution in [-0.2, 0) is 0 Å². The molecule has 5 nitrogen and oxygen atoms in total. The second-order valence-electron chi connectivity index (χ2n) is 6.57. The molecule has 1 fully saturated rings. The molecule has 3 heterocycles. The number of aromatic nitrogens is 3. The Bertz CT molecular complexity index is 958. The maximum atomic E-state index is 13.2. The number of nitrogens with zero attached hydrogens (tertiary/aromatic N) is 3. The van der Waals surface area contributed by atoms with Crippen molar-refractivity contribution in [1.29, 1.82) is 0 Å². The Morgan fingerprint density at radius 1 is 1.11 bits per heavy atom. The number of amides is 1. The Morgan fingerprint density at radius 2 is 1.93 bits per heavy atom. The van der Waals surface area contributed by atoms with E-state index in [-0.39, 0.29) is 11.9 Å². The van der Waals surface area contributed by atoms with Crippen LogP contribution in [-0.4, -0.2) is 32.5 Å². The first-order valence-electron chi connectivity index (χ1n) is 8.85. The normalized spacial score (nSPS) is 17.1. The topological polar surface area (TPSA) is 61.9 Å². The van der Waals surface area contributed by atoms with Crippen LogP contribution in [0.25, 0.3) is 11.1 Å². The summed E-state index contributed by atoms with van der Waals surface area (Å²) in [4.78, 5) is 19.2. The molecule has 1 aromatic carbocycles. The average molecular weight is 401 g/mol. The lowest BCUT2D eigenvalue weighted by molar-refractivity contribution is 0.0607. The molecule has 0 aliphatic carbocycles. The van der Waals surface area contributed by atoms with Crippen molar-refractivity contribution in [2.45, 2.75) is 25.3 Å². The third kappa shape index (κ3) is 3.57. The zero-order valence-electron chi connectivity index (χ0n) is 14.5. The molecule has 1 aliphatic heterocycles. The fraction of sp³-hybridized carbons (Fsp3) is 0.250. The second kappa shape index (κ2) is 7.71. The molecule has 1 amide bonds. The van der Waals surface area contributed by atoms with E-state index in [0.717, 1.165) is 36.1 Å². The molecule has 2 aromatic heterocycles. The van der Waals surface area contributed by atoms with Gasteiger partial charge in [-0.05, 0) is 55.2 Å². The van der Waals surface area contributed by atoms with Crippen LogP contribution in [0.4, 0.5) is 0 Å². The molecule has 138 valence electrons. The third-order valence-corrected chi connectivity index (χ3v) is 5.66. The van der Waals surface area contributed by atoms with E-state index < -0.39 is 0 Å². The van der Waals surface area contributed by atoms with E-state index in [1.54, 1.807) is 36.8 Å². The molecule has 1 atom stereocenters. The van der Waals surface area contributed by atoms with Crippen molar-refractivity contribution in [1.82, 2.24) is 20.1 Å². The van der Waals surface area contributed by atoms with Gasteiger partial charge in [0.1, 0.15) is 0 Å². The number of likely N-dealkylation sites (tertiary alicyclic amines) is 1. The molecule has 7 heteroatoms. The van der Waals surface area contributed by atoms with Crippen molar-refractivity contribution < 1.29 is 4.79 Å². The van der Waals surface area contributed by atoms with Gasteiger partial charge in [-0.1, -0.05) is 23.2 Å². The number of hydrogen-bond donors (Lipinski definition) is 1. The van der Waals surface area contributed by atoms with Gasteiger partial charge in [0.05, 0.1) is 28.0 Å². The first-order valence-corrected chi connectivity index (χ1v) is 9.60. The zero-order valence-corrected chi connectivity index (χ0v) is 16.0. The quantitative estimate of drug-likeness (QED) is 0.661. The number of piperidine rings is 1. The number of halogens is 2. The predicted molar refractivity (Wildman–Crippen MR) is 106 cm³/mol. The zero-order chi connectivity index (χ0) is 18.8. The Hall–Kier alpha value is -2.37. The summed E-state index contributed by atoms with van der Waals surface area (Å²) in [6.07, 6.45) is 8.23. The maximum Gasteiger partial charge on any atom is 0.254 e. The standard InChI is InChI=1S/C20H18Cl2N4O/c21-16-5-4-14(11-17(16)22)20(27)26-10-2-1-3-18(26)19-15(12-24-25-19)13-6-8-23-9-7-13/h4-9,11-12,18H,1-3,10H2,(H,24,25)/t18-/m1/s1. The molecule has 27 heavy (non-hydrogen) atoms. The van der Waals surface area contributed by atoms with Crippen LogP contribution < -0.4 is 0 Å². The van der Waals surface area contributed by atoms with E-state index in [1.807, 2.05) is 17.0 Å². The van der Waals surface area contributed by atoms with Crippen molar-refractivity contribution in [3.8, 4) is 11.1 Å². The number of pyridine rings is 1. The Labute approximate surface area is 167 Å². The van der Waals surface area contributed by atoms with Gasteiger partial charge in [-0.3, -0.25) is 14.9 Å². The van der Waals surface area contributed by atoms with E-state index in [0.29, 0.717) is 22.2 Å². The molecule has 0 saturated carbocycles. The summed E-state index contributed by atoms with van der Waals surface area (Å²) in [5, 5.41) is 8.19. The van der Waals surface area contributed by atoms with Gasteiger partial charge in [-0.15, -0.1) is 0 Å². The second-order valence-corrected chi connectivity index (χ2v) is 7.39. The van der Waals surface area contributed by atoms with Crippen molar-refractivity contribution in [2.75, 3.05) is 6.54 Å². The molecule has 3 aromatic rings. The third-order valence-electron chi connectivity index (χ3n) is 4.92. The number of carbonyl (C=O) groups excluding carboxylic acids is 1. The number of rotatable bonds is 3. The van der Waals surface area contributed by atoms with E-state index in [1.165, 1.54) is 0 Å². The van der Waals surface area contributed by atoms with Gasteiger partial charge in [-0.25, -0.2) is 0 Å². The van der Waals surface area contributed by atoms with Crippen LogP contribution >= 0.6 is 23.2 Å². The minimum atomic E-state index is -0.0635. The lowest BCUT2D eigenvalue weighted by atomic mass is 9.94. The first-order chi connectivity index (χ1) is 13.1. The Morgan fingerprint density at radius 3 is 2.70 bits per heavy atom. The van der Waals surface area contributed by atoms with Gasteiger partial charge in [-0.2, -0.15) is 5.10 Å². The molecule has 4 rings (SSSR count). The fourth-order valence-electron chi connectivity index (χ4n) is 3.58. The predicted octanol–water partition coefficient (Wildman–Crippen LogP) is 5.15. The van der Waals surface area contributed by atoms with Crippen LogP contribution in [0.5, 0.6) is 0 Å². The average Bonchev–Trinajstić information content (AvgIpc) is 3.20. The van der Waals surface area contributed by atoms with Crippen molar-refractivity contribution in [3.63, 3.8) is 0 Å². The lowest BCUT2D eigenvalue weighted by Gasteiger charge is -2.35. The number of hydrogen-bond acceptors (Lipinski definition) is 3. The molecule has 1 saturated heterocycles. The maximum absolute atomic E-state index is 13.2. The highest BCUT2D eigenvalue weighted by molar-refractivity contribution is 6.42. The molecular weight excluding hydrogens is 383 g/mol. The van der Waals surface area contributed by atoms with Gasteiger partial charge >= 0.3 is 0 Å². The summed E-state index contributed by atoms with van der Waals surface area (Å²) in [5.41, 5.74) is 3.52. The van der Waals surface area contributed by atoms with Crippen LogP contribution in [0, 0.1) is 0 Å². The molecule has 1 aliphatic rings. The molecule has 0 unspecified atom stereocenters. The summed E-state index contributed by atoms with van der Waals surface area (Å²) < 4.78 is 0. The van der Waals surface area contributed by atoms with Crippen molar-refractivity contribution in [3.05, 3.63) is 70.2 Å². The monoisotopic (exact) mass is 400 g/mol. The minimum absolute atomic E-state index is 0.0476. The van der Waals surface area contributed by atoms with Gasteiger partial charge in [0.25, 0.3) is 5.91 Å². The van der Waals surface area contributed by atoms with Crippen LogP contribution in [0.2, 0.25) is 10.0 Å². The van der Waals surface area contributed by atoms with Crippen LogP contribution in [0.15, 0.2) is 48.9 Å². The van der Waals surface area contributed by atoms with E-state index in [4.69, 9.17) is 23.2 Å². The SMILES string of the molecule is O=C(c1ccc(Cl)c(Cl)c1)N1CCCC[C@@H]1c1[nH]ncc1-c1ccncc1. The summed E-state index contributed by atoms with van der Waals surface area (Å²) >= 11 is 12.1. The highest BCUT2D eigenvalue weighted by Crippen LogP contribution is 2.36. The fourth-order valence-corrected chi connectivity index (χ4v) is 3.88. The van der Waals surface area contributed by atoms with Gasteiger partial charge in [0.2, 0.25) is 0 Å². The smallest absolute Gasteiger partial charge is 0.254 e. The van der Waals surface area contributed by atoms with Gasteiger partial charge in [0, 0.05) is 30.1 Å².